The average molecular weight is 196 g/mol. The maximum atomic E-state index is 5.53. The van der Waals surface area contributed by atoms with Gasteiger partial charge >= 0.3 is 0 Å². The van der Waals surface area contributed by atoms with Crippen molar-refractivity contribution in [2.24, 2.45) is 0 Å². The fourth-order valence-electron chi connectivity index (χ4n) is 1.40. The molecule has 1 fully saturated rings. The number of aromatic nitrogens is 1. The average Bonchev–Trinajstić information content (AvgIpc) is 2.61. The molecule has 0 aromatic carbocycles. The van der Waals surface area contributed by atoms with E-state index >= 15 is 0 Å². The Morgan fingerprint density at radius 1 is 1.21 bits per heavy atom. The lowest BCUT2D eigenvalue weighted by atomic mass is 10.3. The standard InChI is InChI=1S/C10H16N2O2/c1-10(2)13-7-9(8-14-10)11-12-5-3-4-6-12/h3-6,9,11H,7-8H2,1-2H3. The highest BCUT2D eigenvalue weighted by molar-refractivity contribution is 4.96. The molecule has 0 bridgehead atoms. The van der Waals surface area contributed by atoms with Crippen LogP contribution in [0.4, 0.5) is 0 Å². The maximum absolute atomic E-state index is 5.53. The van der Waals surface area contributed by atoms with Crippen molar-refractivity contribution in [1.29, 1.82) is 0 Å². The highest BCUT2D eigenvalue weighted by Crippen LogP contribution is 2.17. The van der Waals surface area contributed by atoms with Crippen LogP contribution in [0, 0.1) is 0 Å². The number of nitrogens with one attached hydrogen (secondary N) is 1. The molecular weight excluding hydrogens is 180 g/mol. The van der Waals surface area contributed by atoms with Crippen LogP contribution in [0.1, 0.15) is 13.8 Å². The van der Waals surface area contributed by atoms with Crippen LogP contribution in [-0.2, 0) is 9.47 Å². The first-order valence-electron chi connectivity index (χ1n) is 4.83. The smallest absolute Gasteiger partial charge is 0.162 e. The summed E-state index contributed by atoms with van der Waals surface area (Å²) in [5.74, 6) is -0.436. The third kappa shape index (κ3) is 2.27. The van der Waals surface area contributed by atoms with E-state index < -0.39 is 5.79 Å². The summed E-state index contributed by atoms with van der Waals surface area (Å²) in [5.41, 5.74) is 3.27. The minimum absolute atomic E-state index is 0.218. The van der Waals surface area contributed by atoms with E-state index in [9.17, 15) is 0 Å². The van der Waals surface area contributed by atoms with Crippen molar-refractivity contribution >= 4 is 0 Å². The van der Waals surface area contributed by atoms with Crippen molar-refractivity contribution in [1.82, 2.24) is 4.68 Å². The van der Waals surface area contributed by atoms with Crippen molar-refractivity contribution in [3.05, 3.63) is 24.5 Å². The van der Waals surface area contributed by atoms with E-state index in [2.05, 4.69) is 5.43 Å². The van der Waals surface area contributed by atoms with E-state index in [0.717, 1.165) is 0 Å². The van der Waals surface area contributed by atoms with Gasteiger partial charge in [0.05, 0.1) is 19.3 Å². The predicted octanol–water partition coefficient (Wildman–Crippen LogP) is 1.18. The van der Waals surface area contributed by atoms with Gasteiger partial charge in [0.2, 0.25) is 0 Å². The first-order chi connectivity index (χ1) is 6.66. The van der Waals surface area contributed by atoms with E-state index in [4.69, 9.17) is 9.47 Å². The summed E-state index contributed by atoms with van der Waals surface area (Å²) in [6.07, 6.45) is 3.92. The Kier molecular flexibility index (Phi) is 2.48. The second-order valence-corrected chi connectivity index (χ2v) is 3.94. The van der Waals surface area contributed by atoms with E-state index in [1.165, 1.54) is 0 Å². The van der Waals surface area contributed by atoms with Gasteiger partial charge in [0, 0.05) is 12.4 Å². The molecule has 0 amide bonds. The molecule has 0 spiro atoms. The molecule has 2 heterocycles. The zero-order valence-corrected chi connectivity index (χ0v) is 8.56. The Labute approximate surface area is 83.8 Å². The monoisotopic (exact) mass is 196 g/mol. The van der Waals surface area contributed by atoms with Crippen LogP contribution in [0.25, 0.3) is 0 Å². The number of nitrogens with zero attached hydrogens (tertiary/aromatic N) is 1. The Bertz CT molecular complexity index is 272. The summed E-state index contributed by atoms with van der Waals surface area (Å²) in [4.78, 5) is 0. The van der Waals surface area contributed by atoms with Gasteiger partial charge in [-0.1, -0.05) is 0 Å². The lowest BCUT2D eigenvalue weighted by Crippen LogP contribution is -2.47. The first kappa shape index (κ1) is 9.55. The van der Waals surface area contributed by atoms with Crippen LogP contribution in [0.2, 0.25) is 0 Å². The molecule has 1 aliphatic rings. The minimum atomic E-state index is -0.436. The maximum Gasteiger partial charge on any atom is 0.162 e. The molecule has 78 valence electrons. The van der Waals surface area contributed by atoms with Crippen molar-refractivity contribution in [3.8, 4) is 0 Å². The molecule has 1 aliphatic heterocycles. The van der Waals surface area contributed by atoms with E-state index in [1.54, 1.807) is 0 Å². The number of ether oxygens (including phenoxy) is 2. The zero-order chi connectivity index (χ0) is 10.0. The number of hydrogen-bond donors (Lipinski definition) is 1. The normalized spacial score (nSPS) is 22.1. The first-order valence-corrected chi connectivity index (χ1v) is 4.83. The molecule has 1 aromatic rings. The predicted molar refractivity (Wildman–Crippen MR) is 53.6 cm³/mol. The summed E-state index contributed by atoms with van der Waals surface area (Å²) in [6.45, 7) is 5.20. The molecule has 1 N–H and O–H groups in total. The SMILES string of the molecule is CC1(C)OCC(Nn2cccc2)CO1. The highest BCUT2D eigenvalue weighted by Gasteiger charge is 2.28. The largest absolute Gasteiger partial charge is 0.348 e. The molecule has 14 heavy (non-hydrogen) atoms. The Morgan fingerprint density at radius 3 is 2.36 bits per heavy atom. The fourth-order valence-corrected chi connectivity index (χ4v) is 1.40. The molecule has 4 heteroatoms. The van der Waals surface area contributed by atoms with Gasteiger partial charge in [-0.3, -0.25) is 4.68 Å². The van der Waals surface area contributed by atoms with Crippen molar-refractivity contribution in [2.45, 2.75) is 25.7 Å². The van der Waals surface area contributed by atoms with Crippen LogP contribution in [0.15, 0.2) is 24.5 Å². The van der Waals surface area contributed by atoms with E-state index in [0.29, 0.717) is 13.2 Å². The Morgan fingerprint density at radius 2 is 1.79 bits per heavy atom. The van der Waals surface area contributed by atoms with Crippen LogP contribution in [0.5, 0.6) is 0 Å². The minimum Gasteiger partial charge on any atom is -0.348 e. The third-order valence-corrected chi connectivity index (χ3v) is 2.20. The van der Waals surface area contributed by atoms with Crippen LogP contribution < -0.4 is 5.43 Å². The van der Waals surface area contributed by atoms with Crippen LogP contribution in [-0.4, -0.2) is 29.7 Å². The number of hydrogen-bond acceptors (Lipinski definition) is 3. The van der Waals surface area contributed by atoms with Gasteiger partial charge in [-0.15, -0.1) is 0 Å². The molecule has 0 saturated carbocycles. The molecule has 0 radical (unpaired) electrons. The molecule has 4 nitrogen and oxygen atoms in total. The molecule has 0 aliphatic carbocycles. The van der Waals surface area contributed by atoms with Crippen molar-refractivity contribution in [3.63, 3.8) is 0 Å². The summed E-state index contributed by atoms with van der Waals surface area (Å²) >= 11 is 0. The lowest BCUT2D eigenvalue weighted by Gasteiger charge is -2.35. The van der Waals surface area contributed by atoms with E-state index in [-0.39, 0.29) is 6.04 Å². The Balaban J connectivity index is 1.85. The molecule has 1 saturated heterocycles. The highest BCUT2D eigenvalue weighted by atomic mass is 16.7. The van der Waals surface area contributed by atoms with Gasteiger partial charge in [0.15, 0.2) is 5.79 Å². The van der Waals surface area contributed by atoms with Gasteiger partial charge in [0.25, 0.3) is 0 Å². The van der Waals surface area contributed by atoms with Crippen molar-refractivity contribution in [2.75, 3.05) is 18.6 Å². The van der Waals surface area contributed by atoms with Gasteiger partial charge in [0.1, 0.15) is 0 Å². The lowest BCUT2D eigenvalue weighted by molar-refractivity contribution is -0.248. The molecule has 0 unspecified atom stereocenters. The van der Waals surface area contributed by atoms with Gasteiger partial charge in [-0.05, 0) is 26.0 Å². The molecule has 0 atom stereocenters. The van der Waals surface area contributed by atoms with Gasteiger partial charge < -0.3 is 14.9 Å². The Hall–Kier alpha value is -1.00. The van der Waals surface area contributed by atoms with Gasteiger partial charge in [-0.2, -0.15) is 0 Å². The second kappa shape index (κ2) is 3.63. The topological polar surface area (TPSA) is 35.4 Å². The van der Waals surface area contributed by atoms with Crippen molar-refractivity contribution < 1.29 is 9.47 Å². The summed E-state index contributed by atoms with van der Waals surface area (Å²) in [6, 6.07) is 4.17. The third-order valence-electron chi connectivity index (χ3n) is 2.20. The summed E-state index contributed by atoms with van der Waals surface area (Å²) in [7, 11) is 0. The molecule has 1 aromatic heterocycles. The van der Waals surface area contributed by atoms with Crippen LogP contribution in [0.3, 0.4) is 0 Å². The fraction of sp³-hybridized carbons (Fsp3) is 0.600. The number of rotatable bonds is 2. The molecule has 2 rings (SSSR count). The summed E-state index contributed by atoms with van der Waals surface area (Å²) in [5, 5.41) is 0. The van der Waals surface area contributed by atoms with E-state index in [1.807, 2.05) is 43.0 Å². The summed E-state index contributed by atoms with van der Waals surface area (Å²) < 4.78 is 13.0. The quantitative estimate of drug-likeness (QED) is 0.771. The van der Waals surface area contributed by atoms with Gasteiger partial charge in [-0.25, -0.2) is 0 Å². The molecular formula is C10H16N2O2. The zero-order valence-electron chi connectivity index (χ0n) is 8.56. The van der Waals surface area contributed by atoms with Crippen LogP contribution >= 0.6 is 0 Å². The second-order valence-electron chi connectivity index (χ2n) is 3.94.